The van der Waals surface area contributed by atoms with E-state index in [-0.39, 0.29) is 29.7 Å². The Morgan fingerprint density at radius 3 is 2.71 bits per heavy atom. The number of hydrogen-bond acceptors (Lipinski definition) is 4. The number of rotatable bonds is 2. The van der Waals surface area contributed by atoms with Crippen LogP contribution in [0.4, 0.5) is 18.9 Å². The van der Waals surface area contributed by atoms with Gasteiger partial charge in [-0.05, 0) is 31.2 Å². The summed E-state index contributed by atoms with van der Waals surface area (Å²) in [6.07, 6.45) is -3.28. The number of ether oxygens (including phenoxy) is 1. The van der Waals surface area contributed by atoms with Crippen molar-refractivity contribution in [3.63, 3.8) is 0 Å². The normalized spacial score (nSPS) is 14.0. The first-order valence-corrected chi connectivity index (χ1v) is 8.48. The van der Waals surface area contributed by atoms with Crippen LogP contribution in [0.5, 0.6) is 0 Å². The van der Waals surface area contributed by atoms with Crippen LogP contribution in [0.15, 0.2) is 42.6 Å². The van der Waals surface area contributed by atoms with E-state index < -0.39 is 11.9 Å². The van der Waals surface area contributed by atoms with Crippen LogP contribution < -0.4 is 0 Å². The van der Waals surface area contributed by atoms with Crippen LogP contribution in [0.1, 0.15) is 22.5 Å². The molecule has 144 valence electrons. The molecule has 0 fully saturated rings. The zero-order valence-corrected chi connectivity index (χ0v) is 15.1. The minimum atomic E-state index is -4.70. The third-order valence-corrected chi connectivity index (χ3v) is 4.40. The summed E-state index contributed by atoms with van der Waals surface area (Å²) < 4.78 is 46.7. The third kappa shape index (κ3) is 3.07. The molecule has 28 heavy (non-hydrogen) atoms. The number of benzene rings is 1. The van der Waals surface area contributed by atoms with E-state index in [0.29, 0.717) is 20.9 Å². The van der Waals surface area contributed by atoms with Crippen molar-refractivity contribution in [3.8, 4) is 5.82 Å². The van der Waals surface area contributed by atoms with E-state index in [9.17, 15) is 18.4 Å². The lowest BCUT2D eigenvalue weighted by atomic mass is 10.1. The largest absolute Gasteiger partial charge is 0.616 e. The number of fused-ring (bicyclic) bond motifs is 1. The van der Waals surface area contributed by atoms with Crippen molar-refractivity contribution >= 4 is 23.2 Å². The van der Waals surface area contributed by atoms with Crippen molar-refractivity contribution in [1.29, 1.82) is 0 Å². The molecule has 3 aromatic rings. The number of alkyl halides is 3. The zero-order chi connectivity index (χ0) is 20.1. The number of nitrogens with zero attached hydrogens (tertiary/aromatic N) is 4. The molecule has 0 spiro atoms. The molecule has 0 radical (unpaired) electrons. The van der Waals surface area contributed by atoms with Gasteiger partial charge in [-0.2, -0.15) is 18.3 Å². The lowest BCUT2D eigenvalue weighted by molar-refractivity contribution is -0.380. The molecule has 0 saturated heterocycles. The summed E-state index contributed by atoms with van der Waals surface area (Å²) in [4.78, 5) is 4.02. The van der Waals surface area contributed by atoms with Gasteiger partial charge < -0.3 is 9.94 Å². The van der Waals surface area contributed by atoms with E-state index in [0.717, 1.165) is 10.7 Å². The SMILES string of the molecule is Cc1cc(Cl)cc2c1[N+]([O-])=C(c1cc(C(F)(F)F)nn1-c1ccccn1)OC2. The average molecular weight is 409 g/mol. The van der Waals surface area contributed by atoms with E-state index in [1.54, 1.807) is 31.2 Å². The average Bonchev–Trinajstić information content (AvgIpc) is 3.07. The van der Waals surface area contributed by atoms with Crippen molar-refractivity contribution in [2.45, 2.75) is 19.7 Å². The molecule has 0 N–H and O–H groups in total. The Hall–Kier alpha value is -3.07. The Morgan fingerprint density at radius 2 is 2.04 bits per heavy atom. The van der Waals surface area contributed by atoms with Gasteiger partial charge in [0, 0.05) is 22.8 Å². The molecule has 0 aliphatic carbocycles. The molecule has 3 heterocycles. The van der Waals surface area contributed by atoms with Crippen LogP contribution in [0, 0.1) is 12.1 Å². The van der Waals surface area contributed by atoms with Gasteiger partial charge >= 0.3 is 12.1 Å². The van der Waals surface area contributed by atoms with E-state index >= 15 is 0 Å². The minimum Gasteiger partial charge on any atom is -0.616 e. The zero-order valence-electron chi connectivity index (χ0n) is 14.4. The molecule has 4 rings (SSSR count). The van der Waals surface area contributed by atoms with E-state index in [1.807, 2.05) is 0 Å². The number of hydrogen-bond donors (Lipinski definition) is 0. The molecule has 0 unspecified atom stereocenters. The Morgan fingerprint density at radius 1 is 1.25 bits per heavy atom. The minimum absolute atomic E-state index is 0.0143. The molecule has 1 aliphatic heterocycles. The number of halogens is 4. The molecular weight excluding hydrogens is 397 g/mol. The second-order valence-corrected chi connectivity index (χ2v) is 6.57. The summed E-state index contributed by atoms with van der Waals surface area (Å²) in [5.74, 6) is -0.178. The standard InChI is InChI=1S/C18H12ClF3N4O2/c1-10-6-12(19)7-11-9-28-17(26(27)16(10)11)13-8-14(18(20,21)22)24-25(13)15-4-2-3-5-23-15/h2-8H,9H2,1H3. The third-order valence-electron chi connectivity index (χ3n) is 4.18. The Balaban J connectivity index is 1.95. The van der Waals surface area contributed by atoms with Gasteiger partial charge in [-0.1, -0.05) is 17.7 Å². The Bertz CT molecular complexity index is 1090. The first-order chi connectivity index (χ1) is 13.3. The van der Waals surface area contributed by atoms with Crippen molar-refractivity contribution in [1.82, 2.24) is 14.8 Å². The van der Waals surface area contributed by atoms with Gasteiger partial charge in [0.25, 0.3) is 0 Å². The summed E-state index contributed by atoms with van der Waals surface area (Å²) in [6.45, 7) is 1.68. The van der Waals surface area contributed by atoms with Crippen LogP contribution in [0.25, 0.3) is 5.82 Å². The molecule has 0 atom stereocenters. The summed E-state index contributed by atoms with van der Waals surface area (Å²) in [6, 6.07) is 8.65. The van der Waals surface area contributed by atoms with Crippen molar-refractivity contribution in [2.75, 3.05) is 0 Å². The first-order valence-electron chi connectivity index (χ1n) is 8.11. The highest BCUT2D eigenvalue weighted by Crippen LogP contribution is 2.34. The fourth-order valence-corrected chi connectivity index (χ4v) is 3.31. The maximum atomic E-state index is 13.3. The van der Waals surface area contributed by atoms with Gasteiger partial charge in [0.05, 0.1) is 5.56 Å². The first kappa shape index (κ1) is 18.3. The number of aromatic nitrogens is 3. The van der Waals surface area contributed by atoms with Crippen molar-refractivity contribution in [2.24, 2.45) is 0 Å². The topological polar surface area (TPSA) is 66.0 Å². The molecule has 6 nitrogen and oxygen atoms in total. The highest BCUT2D eigenvalue weighted by molar-refractivity contribution is 6.30. The fraction of sp³-hybridized carbons (Fsp3) is 0.167. The summed E-state index contributed by atoms with van der Waals surface area (Å²) in [7, 11) is 0. The maximum Gasteiger partial charge on any atom is 0.435 e. The Labute approximate surface area is 162 Å². The predicted molar refractivity (Wildman–Crippen MR) is 94.7 cm³/mol. The number of pyridine rings is 1. The molecular formula is C18H12ClF3N4O2. The summed E-state index contributed by atoms with van der Waals surface area (Å²) >= 11 is 6.01. The van der Waals surface area contributed by atoms with E-state index in [1.165, 1.54) is 12.3 Å². The predicted octanol–water partition coefficient (Wildman–Crippen LogP) is 4.37. The highest BCUT2D eigenvalue weighted by Gasteiger charge is 2.39. The molecule has 2 aromatic heterocycles. The van der Waals surface area contributed by atoms with Crippen molar-refractivity contribution < 1.29 is 22.6 Å². The van der Waals surface area contributed by atoms with Gasteiger partial charge in [0.2, 0.25) is 5.69 Å². The molecule has 0 saturated carbocycles. The van der Waals surface area contributed by atoms with E-state index in [2.05, 4.69) is 10.1 Å². The van der Waals surface area contributed by atoms with Crippen LogP contribution in [-0.2, 0) is 17.5 Å². The summed E-state index contributed by atoms with van der Waals surface area (Å²) in [5.41, 5.74) is 0.104. The molecule has 0 bridgehead atoms. The van der Waals surface area contributed by atoms with Gasteiger partial charge in [0.1, 0.15) is 6.61 Å². The van der Waals surface area contributed by atoms with Gasteiger partial charge in [-0.25, -0.2) is 9.67 Å². The smallest absolute Gasteiger partial charge is 0.435 e. The molecule has 1 aromatic carbocycles. The monoisotopic (exact) mass is 408 g/mol. The van der Waals surface area contributed by atoms with Crippen LogP contribution >= 0.6 is 11.6 Å². The van der Waals surface area contributed by atoms with Crippen LogP contribution in [0.2, 0.25) is 5.02 Å². The van der Waals surface area contributed by atoms with E-state index in [4.69, 9.17) is 16.3 Å². The van der Waals surface area contributed by atoms with Crippen LogP contribution in [0.3, 0.4) is 0 Å². The quantitative estimate of drug-likeness (QED) is 0.466. The summed E-state index contributed by atoms with van der Waals surface area (Å²) in [5, 5.41) is 17.0. The highest BCUT2D eigenvalue weighted by atomic mass is 35.5. The Kier molecular flexibility index (Phi) is 4.26. The lowest BCUT2D eigenvalue weighted by Gasteiger charge is -2.20. The maximum absolute atomic E-state index is 13.3. The fourth-order valence-electron chi connectivity index (χ4n) is 3.02. The molecule has 0 amide bonds. The molecule has 10 heteroatoms. The van der Waals surface area contributed by atoms with Gasteiger partial charge in [-0.15, -0.1) is 4.74 Å². The van der Waals surface area contributed by atoms with Gasteiger partial charge in [-0.3, -0.25) is 0 Å². The van der Waals surface area contributed by atoms with Crippen molar-refractivity contribution in [3.05, 3.63) is 75.3 Å². The second-order valence-electron chi connectivity index (χ2n) is 6.13. The van der Waals surface area contributed by atoms with Crippen LogP contribution in [-0.4, -0.2) is 25.4 Å². The second kappa shape index (κ2) is 6.52. The molecule has 1 aliphatic rings. The number of aryl methyl sites for hydroxylation is 1. The lowest BCUT2D eigenvalue weighted by Crippen LogP contribution is -2.25. The van der Waals surface area contributed by atoms with Gasteiger partial charge in [0.15, 0.2) is 17.2 Å².